The summed E-state index contributed by atoms with van der Waals surface area (Å²) in [6.45, 7) is 10.1. The second kappa shape index (κ2) is 8.70. The highest BCUT2D eigenvalue weighted by Gasteiger charge is 2.28. The number of carbonyl (C=O) groups excluding carboxylic acids is 1. The van der Waals surface area contributed by atoms with E-state index in [1.807, 2.05) is 43.1 Å². The average Bonchev–Trinajstić information content (AvgIpc) is 2.60. The number of para-hydroxylation sites is 1. The number of carbonyl (C=O) groups is 1. The van der Waals surface area contributed by atoms with Crippen molar-refractivity contribution in [3.8, 4) is 0 Å². The highest BCUT2D eigenvalue weighted by Crippen LogP contribution is 2.27. The van der Waals surface area contributed by atoms with E-state index in [1.165, 1.54) is 0 Å². The Kier molecular flexibility index (Phi) is 7.27. The van der Waals surface area contributed by atoms with Gasteiger partial charge < -0.3 is 10.2 Å². The van der Waals surface area contributed by atoms with Crippen LogP contribution in [0.1, 0.15) is 46.1 Å². The number of hydrogen-bond donors (Lipinski definition) is 1. The Morgan fingerprint density at radius 1 is 1.22 bits per heavy atom. The molecule has 1 N–H and O–H groups in total. The molecule has 0 aromatic heterocycles. The van der Waals surface area contributed by atoms with Crippen LogP contribution in [0.3, 0.4) is 0 Å². The Labute approximate surface area is 141 Å². The largest absolute Gasteiger partial charge is 0.388 e. The molecule has 0 unspecified atom stereocenters. The predicted molar refractivity (Wildman–Crippen MR) is 99.4 cm³/mol. The minimum Gasteiger partial charge on any atom is -0.388 e. The Morgan fingerprint density at radius 3 is 2.30 bits per heavy atom. The van der Waals surface area contributed by atoms with E-state index in [0.717, 1.165) is 30.6 Å². The molecule has 1 aromatic carbocycles. The molecule has 0 spiro atoms. The first-order valence-corrected chi connectivity index (χ1v) is 8.49. The van der Waals surface area contributed by atoms with Crippen LogP contribution in [0.2, 0.25) is 0 Å². The fourth-order valence-corrected chi connectivity index (χ4v) is 2.65. The van der Waals surface area contributed by atoms with E-state index in [-0.39, 0.29) is 11.3 Å². The molecule has 4 heteroatoms. The van der Waals surface area contributed by atoms with Gasteiger partial charge in [-0.1, -0.05) is 39.0 Å². The zero-order valence-electron chi connectivity index (χ0n) is 15.4. The lowest BCUT2D eigenvalue weighted by atomic mass is 9.84. The quantitative estimate of drug-likeness (QED) is 0.741. The van der Waals surface area contributed by atoms with Gasteiger partial charge in [0.25, 0.3) is 5.91 Å². The van der Waals surface area contributed by atoms with Crippen LogP contribution in [0.25, 0.3) is 0 Å². The van der Waals surface area contributed by atoms with Crippen molar-refractivity contribution >= 4 is 17.3 Å². The summed E-state index contributed by atoms with van der Waals surface area (Å²) >= 11 is 0. The first kappa shape index (κ1) is 19.2. The number of hydrogen-bond acceptors (Lipinski definition) is 3. The monoisotopic (exact) mass is 317 g/mol. The molecule has 0 aliphatic carbocycles. The van der Waals surface area contributed by atoms with Gasteiger partial charge in [-0.3, -0.25) is 9.79 Å². The second-order valence-electron chi connectivity index (χ2n) is 6.20. The lowest BCUT2D eigenvalue weighted by Gasteiger charge is -2.34. The van der Waals surface area contributed by atoms with Crippen LogP contribution in [0.15, 0.2) is 29.3 Å². The highest BCUT2D eigenvalue weighted by atomic mass is 16.2. The second-order valence-corrected chi connectivity index (χ2v) is 6.20. The van der Waals surface area contributed by atoms with E-state index >= 15 is 0 Å². The molecule has 0 fully saturated rings. The van der Waals surface area contributed by atoms with Gasteiger partial charge in [-0.15, -0.1) is 0 Å². The number of likely N-dealkylation sites (N-methyl/N-ethyl adjacent to an activating group) is 1. The maximum Gasteiger partial charge on any atom is 0.272 e. The van der Waals surface area contributed by atoms with E-state index in [0.29, 0.717) is 12.3 Å². The van der Waals surface area contributed by atoms with Crippen molar-refractivity contribution < 1.29 is 4.79 Å². The Morgan fingerprint density at radius 2 is 1.83 bits per heavy atom. The van der Waals surface area contributed by atoms with Crippen LogP contribution in [0.4, 0.5) is 5.69 Å². The van der Waals surface area contributed by atoms with Crippen molar-refractivity contribution in [1.82, 2.24) is 4.90 Å². The third-order valence-electron chi connectivity index (χ3n) is 4.83. The zero-order valence-corrected chi connectivity index (χ0v) is 15.4. The maximum atomic E-state index is 13.1. The van der Waals surface area contributed by atoms with Gasteiger partial charge in [0.05, 0.1) is 0 Å². The lowest BCUT2D eigenvalue weighted by Crippen LogP contribution is -2.43. The summed E-state index contributed by atoms with van der Waals surface area (Å²) in [5.41, 5.74) is 2.45. The SMILES string of the molecule is CCN(CC(C)(CC)CC)C(=O)C(=NC)c1ccccc1NC. The summed E-state index contributed by atoms with van der Waals surface area (Å²) in [7, 11) is 3.55. The van der Waals surface area contributed by atoms with Gasteiger partial charge in [-0.05, 0) is 31.2 Å². The van der Waals surface area contributed by atoms with E-state index in [2.05, 4.69) is 31.1 Å². The third kappa shape index (κ3) is 4.57. The number of amides is 1. The van der Waals surface area contributed by atoms with Crippen molar-refractivity contribution in [3.05, 3.63) is 29.8 Å². The predicted octanol–water partition coefficient (Wildman–Crippen LogP) is 3.82. The molecule has 0 saturated heterocycles. The van der Waals surface area contributed by atoms with Gasteiger partial charge in [0.15, 0.2) is 0 Å². The van der Waals surface area contributed by atoms with Crippen molar-refractivity contribution in [2.75, 3.05) is 32.5 Å². The van der Waals surface area contributed by atoms with Crippen LogP contribution < -0.4 is 5.32 Å². The van der Waals surface area contributed by atoms with Gasteiger partial charge in [-0.2, -0.15) is 0 Å². The Bertz CT molecular complexity index is 547. The number of rotatable bonds is 8. The summed E-state index contributed by atoms with van der Waals surface area (Å²) in [4.78, 5) is 19.3. The minimum absolute atomic E-state index is 0.00539. The maximum absolute atomic E-state index is 13.1. The van der Waals surface area contributed by atoms with Crippen molar-refractivity contribution in [2.45, 2.75) is 40.5 Å². The molecule has 128 valence electrons. The molecule has 0 atom stereocenters. The normalized spacial score (nSPS) is 12.2. The molecule has 1 aromatic rings. The molecule has 0 bridgehead atoms. The summed E-state index contributed by atoms with van der Waals surface area (Å²) < 4.78 is 0. The number of nitrogens with one attached hydrogen (secondary N) is 1. The Hall–Kier alpha value is -1.84. The summed E-state index contributed by atoms with van der Waals surface area (Å²) in [6.07, 6.45) is 2.11. The summed E-state index contributed by atoms with van der Waals surface area (Å²) in [6, 6.07) is 7.80. The minimum atomic E-state index is 0.00539. The number of aliphatic imine (C=N–C) groups is 1. The molecular formula is C19H31N3O. The van der Waals surface area contributed by atoms with Gasteiger partial charge >= 0.3 is 0 Å². The topological polar surface area (TPSA) is 44.7 Å². The molecule has 1 rings (SSSR count). The van der Waals surface area contributed by atoms with Gasteiger partial charge in [0, 0.05) is 38.4 Å². The molecule has 4 nitrogen and oxygen atoms in total. The summed E-state index contributed by atoms with van der Waals surface area (Å²) in [5.74, 6) is 0.00539. The lowest BCUT2D eigenvalue weighted by molar-refractivity contribution is -0.125. The van der Waals surface area contributed by atoms with Crippen LogP contribution in [-0.2, 0) is 4.79 Å². The molecule has 0 aliphatic heterocycles. The molecule has 0 aliphatic rings. The molecule has 0 heterocycles. The van der Waals surface area contributed by atoms with Crippen molar-refractivity contribution in [3.63, 3.8) is 0 Å². The number of anilines is 1. The highest BCUT2D eigenvalue weighted by molar-refractivity contribution is 6.46. The summed E-state index contributed by atoms with van der Waals surface area (Å²) in [5, 5.41) is 3.14. The van der Waals surface area contributed by atoms with Crippen LogP contribution in [0, 0.1) is 5.41 Å². The molecule has 23 heavy (non-hydrogen) atoms. The van der Waals surface area contributed by atoms with Gasteiger partial charge in [0.2, 0.25) is 0 Å². The molecule has 0 radical (unpaired) electrons. The van der Waals surface area contributed by atoms with Crippen LogP contribution >= 0.6 is 0 Å². The van der Waals surface area contributed by atoms with Gasteiger partial charge in [0.1, 0.15) is 5.71 Å². The number of nitrogens with zero attached hydrogens (tertiary/aromatic N) is 2. The molecule has 0 saturated carbocycles. The average molecular weight is 317 g/mol. The van der Waals surface area contributed by atoms with E-state index in [4.69, 9.17) is 0 Å². The first-order valence-electron chi connectivity index (χ1n) is 8.49. The van der Waals surface area contributed by atoms with Gasteiger partial charge in [-0.25, -0.2) is 0 Å². The van der Waals surface area contributed by atoms with Crippen LogP contribution in [-0.4, -0.2) is 43.7 Å². The Balaban J connectivity index is 3.12. The van der Waals surface area contributed by atoms with E-state index in [9.17, 15) is 4.79 Å². The zero-order chi connectivity index (χ0) is 17.5. The molecular weight excluding hydrogens is 286 g/mol. The number of benzene rings is 1. The smallest absolute Gasteiger partial charge is 0.272 e. The fraction of sp³-hybridized carbons (Fsp3) is 0.579. The molecule has 1 amide bonds. The van der Waals surface area contributed by atoms with Crippen molar-refractivity contribution in [2.24, 2.45) is 10.4 Å². The van der Waals surface area contributed by atoms with E-state index < -0.39 is 0 Å². The van der Waals surface area contributed by atoms with Crippen molar-refractivity contribution in [1.29, 1.82) is 0 Å². The standard InChI is InChI=1S/C19H31N3O/c1-7-19(4,8-2)14-22(9-3)18(23)17(21-6)15-12-10-11-13-16(15)20-5/h10-13,20H,7-9,14H2,1-6H3. The van der Waals surface area contributed by atoms with E-state index in [1.54, 1.807) is 7.05 Å². The first-order chi connectivity index (χ1) is 11.0. The van der Waals surface area contributed by atoms with Crippen LogP contribution in [0.5, 0.6) is 0 Å². The third-order valence-corrected chi connectivity index (χ3v) is 4.83. The fourth-order valence-electron chi connectivity index (χ4n) is 2.65.